The highest BCUT2D eigenvalue weighted by Crippen LogP contribution is 2.30. The van der Waals surface area contributed by atoms with Gasteiger partial charge in [-0.25, -0.2) is 0 Å². The van der Waals surface area contributed by atoms with Gasteiger partial charge in [0.2, 0.25) is 0 Å². The Morgan fingerprint density at radius 2 is 1.50 bits per heavy atom. The highest BCUT2D eigenvalue weighted by atomic mass is 32.2. The summed E-state index contributed by atoms with van der Waals surface area (Å²) in [7, 11) is 1.65. The highest BCUT2D eigenvalue weighted by Gasteiger charge is 2.16. The van der Waals surface area contributed by atoms with Crippen LogP contribution in [-0.4, -0.2) is 27.8 Å². The molecule has 36 heavy (non-hydrogen) atoms. The molecule has 5 rings (SSSR count). The molecule has 0 aliphatic rings. The molecule has 0 aliphatic carbocycles. The molecule has 0 atom stereocenters. The molecule has 0 saturated carbocycles. The number of aromatic nitrogens is 3. The van der Waals surface area contributed by atoms with Gasteiger partial charge in [0.05, 0.1) is 7.11 Å². The highest BCUT2D eigenvalue weighted by molar-refractivity contribution is 7.98. The summed E-state index contributed by atoms with van der Waals surface area (Å²) in [4.78, 5) is 12.5. The summed E-state index contributed by atoms with van der Waals surface area (Å²) in [5.74, 6) is 2.12. The molecular weight excluding hydrogens is 468 g/mol. The second-order valence-electron chi connectivity index (χ2n) is 8.01. The van der Waals surface area contributed by atoms with Crippen molar-refractivity contribution < 1.29 is 9.53 Å². The predicted octanol–water partition coefficient (Wildman–Crippen LogP) is 6.49. The summed E-state index contributed by atoms with van der Waals surface area (Å²) in [5.41, 5.74) is 4.41. The third kappa shape index (κ3) is 5.31. The Bertz CT molecular complexity index is 1430. The van der Waals surface area contributed by atoms with Crippen molar-refractivity contribution in [3.05, 3.63) is 120 Å². The summed E-state index contributed by atoms with van der Waals surface area (Å²) < 4.78 is 7.38. The van der Waals surface area contributed by atoms with Crippen LogP contribution in [0.15, 0.2) is 114 Å². The van der Waals surface area contributed by atoms with Crippen LogP contribution in [0.25, 0.3) is 17.1 Å². The fourth-order valence-electron chi connectivity index (χ4n) is 3.73. The number of hydrogen-bond donors (Lipinski definition) is 1. The molecule has 6 nitrogen and oxygen atoms in total. The van der Waals surface area contributed by atoms with Crippen LogP contribution in [0.2, 0.25) is 0 Å². The largest absolute Gasteiger partial charge is 0.497 e. The first kappa shape index (κ1) is 23.4. The molecule has 7 heteroatoms. The average Bonchev–Trinajstić information content (AvgIpc) is 3.37. The number of ether oxygens (including phenoxy) is 1. The number of benzene rings is 4. The monoisotopic (exact) mass is 492 g/mol. The molecule has 4 aromatic carbocycles. The zero-order chi connectivity index (χ0) is 24.7. The zero-order valence-electron chi connectivity index (χ0n) is 19.7. The standard InChI is InChI=1S/C29H24N4O2S/c1-35-26-18-16-25(17-19-26)33-27(22-8-4-2-5-9-22)31-32-29(33)36-20-21-12-14-23(15-13-21)28(34)30-24-10-6-3-7-11-24/h2-19H,20H2,1H3,(H,30,34). The molecule has 1 heterocycles. The first-order chi connectivity index (χ1) is 17.7. The number of thioether (sulfide) groups is 1. The zero-order valence-corrected chi connectivity index (χ0v) is 20.5. The molecule has 178 valence electrons. The van der Waals surface area contributed by atoms with Crippen LogP contribution in [0.3, 0.4) is 0 Å². The molecule has 0 unspecified atom stereocenters. The fourth-order valence-corrected chi connectivity index (χ4v) is 4.63. The first-order valence-corrected chi connectivity index (χ1v) is 12.4. The topological polar surface area (TPSA) is 69.0 Å². The van der Waals surface area contributed by atoms with Crippen LogP contribution in [-0.2, 0) is 5.75 Å². The lowest BCUT2D eigenvalue weighted by molar-refractivity contribution is 0.102. The Morgan fingerprint density at radius 3 is 2.17 bits per heavy atom. The SMILES string of the molecule is COc1ccc(-n2c(SCc3ccc(C(=O)Nc4ccccc4)cc3)nnc2-c2ccccc2)cc1. The molecule has 1 amide bonds. The van der Waals surface area contributed by atoms with E-state index in [1.807, 2.05) is 109 Å². The summed E-state index contributed by atoms with van der Waals surface area (Å²) in [6.07, 6.45) is 0. The minimum atomic E-state index is -0.132. The fraction of sp³-hybridized carbons (Fsp3) is 0.0690. The van der Waals surface area contributed by atoms with Crippen LogP contribution in [0.5, 0.6) is 5.75 Å². The maximum atomic E-state index is 12.5. The van der Waals surface area contributed by atoms with Gasteiger partial charge in [0.15, 0.2) is 11.0 Å². The summed E-state index contributed by atoms with van der Waals surface area (Å²) in [6, 6.07) is 34.9. The number of hydrogen-bond acceptors (Lipinski definition) is 5. The van der Waals surface area contributed by atoms with Crippen molar-refractivity contribution in [3.63, 3.8) is 0 Å². The minimum Gasteiger partial charge on any atom is -0.497 e. The lowest BCUT2D eigenvalue weighted by Crippen LogP contribution is -2.11. The summed E-state index contributed by atoms with van der Waals surface area (Å²) in [6.45, 7) is 0. The molecule has 0 fully saturated rings. The van der Waals surface area contributed by atoms with Crippen molar-refractivity contribution in [3.8, 4) is 22.8 Å². The van der Waals surface area contributed by atoms with E-state index in [0.717, 1.165) is 39.2 Å². The van der Waals surface area contributed by atoms with Crippen molar-refractivity contribution in [2.45, 2.75) is 10.9 Å². The normalized spacial score (nSPS) is 10.7. The number of methoxy groups -OCH3 is 1. The molecular formula is C29H24N4O2S. The number of nitrogens with one attached hydrogen (secondary N) is 1. The Labute approximate surface area is 214 Å². The van der Waals surface area contributed by atoms with Gasteiger partial charge in [0, 0.05) is 28.3 Å². The van der Waals surface area contributed by atoms with E-state index in [9.17, 15) is 4.79 Å². The summed E-state index contributed by atoms with van der Waals surface area (Å²) >= 11 is 1.59. The molecule has 0 aliphatic heterocycles. The number of amides is 1. The van der Waals surface area contributed by atoms with Gasteiger partial charge in [0.25, 0.3) is 5.91 Å². The molecule has 0 spiro atoms. The van der Waals surface area contributed by atoms with E-state index >= 15 is 0 Å². The van der Waals surface area contributed by atoms with Crippen LogP contribution < -0.4 is 10.1 Å². The number of nitrogens with zero attached hydrogens (tertiary/aromatic N) is 3. The number of rotatable bonds is 8. The second-order valence-corrected chi connectivity index (χ2v) is 8.95. The molecule has 0 bridgehead atoms. The van der Waals surface area contributed by atoms with Crippen LogP contribution >= 0.6 is 11.8 Å². The molecule has 0 saturated heterocycles. The van der Waals surface area contributed by atoms with E-state index in [1.54, 1.807) is 18.9 Å². The quantitative estimate of drug-likeness (QED) is 0.251. The lowest BCUT2D eigenvalue weighted by atomic mass is 10.1. The van der Waals surface area contributed by atoms with E-state index in [0.29, 0.717) is 11.3 Å². The predicted molar refractivity (Wildman–Crippen MR) is 144 cm³/mol. The smallest absolute Gasteiger partial charge is 0.255 e. The van der Waals surface area contributed by atoms with E-state index in [2.05, 4.69) is 20.1 Å². The van der Waals surface area contributed by atoms with Crippen molar-refractivity contribution in [1.29, 1.82) is 0 Å². The van der Waals surface area contributed by atoms with Gasteiger partial charge in [-0.2, -0.15) is 0 Å². The van der Waals surface area contributed by atoms with Gasteiger partial charge in [-0.15, -0.1) is 10.2 Å². The minimum absolute atomic E-state index is 0.132. The van der Waals surface area contributed by atoms with E-state index < -0.39 is 0 Å². The number of carbonyl (C=O) groups is 1. The van der Waals surface area contributed by atoms with Gasteiger partial charge < -0.3 is 10.1 Å². The van der Waals surface area contributed by atoms with Gasteiger partial charge in [0.1, 0.15) is 5.75 Å². The van der Waals surface area contributed by atoms with E-state index in [-0.39, 0.29) is 5.91 Å². The first-order valence-electron chi connectivity index (χ1n) is 11.4. The Morgan fingerprint density at radius 1 is 0.833 bits per heavy atom. The third-order valence-corrected chi connectivity index (χ3v) is 6.61. The Kier molecular flexibility index (Phi) is 7.10. The number of para-hydroxylation sites is 1. The van der Waals surface area contributed by atoms with E-state index in [4.69, 9.17) is 4.74 Å². The van der Waals surface area contributed by atoms with E-state index in [1.165, 1.54) is 0 Å². The van der Waals surface area contributed by atoms with Gasteiger partial charge >= 0.3 is 0 Å². The third-order valence-electron chi connectivity index (χ3n) is 5.61. The molecule has 5 aromatic rings. The lowest BCUT2D eigenvalue weighted by Gasteiger charge is -2.11. The van der Waals surface area contributed by atoms with Crippen molar-refractivity contribution in [2.75, 3.05) is 12.4 Å². The maximum absolute atomic E-state index is 12.5. The van der Waals surface area contributed by atoms with Gasteiger partial charge in [-0.05, 0) is 54.1 Å². The molecule has 0 radical (unpaired) electrons. The molecule has 1 N–H and O–H groups in total. The maximum Gasteiger partial charge on any atom is 0.255 e. The molecule has 1 aromatic heterocycles. The van der Waals surface area contributed by atoms with Gasteiger partial charge in [-0.1, -0.05) is 72.4 Å². The van der Waals surface area contributed by atoms with Crippen LogP contribution in [0, 0.1) is 0 Å². The van der Waals surface area contributed by atoms with Crippen LogP contribution in [0.1, 0.15) is 15.9 Å². The Balaban J connectivity index is 1.35. The van der Waals surface area contributed by atoms with Crippen molar-refractivity contribution in [2.24, 2.45) is 0 Å². The Hall–Kier alpha value is -4.36. The van der Waals surface area contributed by atoms with Crippen molar-refractivity contribution >= 4 is 23.4 Å². The summed E-state index contributed by atoms with van der Waals surface area (Å²) in [5, 5.41) is 12.7. The van der Waals surface area contributed by atoms with Gasteiger partial charge in [-0.3, -0.25) is 9.36 Å². The van der Waals surface area contributed by atoms with Crippen molar-refractivity contribution in [1.82, 2.24) is 14.8 Å². The average molecular weight is 493 g/mol. The second kappa shape index (κ2) is 10.9. The number of carbonyl (C=O) groups excluding carboxylic acids is 1. The number of anilines is 1. The van der Waals surface area contributed by atoms with Crippen LogP contribution in [0.4, 0.5) is 5.69 Å².